The van der Waals surface area contributed by atoms with Crippen LogP contribution in [0.1, 0.15) is 11.3 Å². The van der Waals surface area contributed by atoms with Crippen LogP contribution in [-0.2, 0) is 6.42 Å². The van der Waals surface area contributed by atoms with Gasteiger partial charge >= 0.3 is 0 Å². The summed E-state index contributed by atoms with van der Waals surface area (Å²) in [5.74, 6) is -1.26. The Morgan fingerprint density at radius 2 is 1.95 bits per heavy atom. The van der Waals surface area contributed by atoms with Crippen molar-refractivity contribution in [2.75, 3.05) is 11.9 Å². The summed E-state index contributed by atoms with van der Waals surface area (Å²) in [6.45, 7) is 2.58. The van der Waals surface area contributed by atoms with Crippen LogP contribution in [0.15, 0.2) is 42.7 Å². The van der Waals surface area contributed by atoms with Crippen molar-refractivity contribution in [1.82, 2.24) is 9.97 Å². The lowest BCUT2D eigenvalue weighted by Crippen LogP contribution is -2.06. The van der Waals surface area contributed by atoms with E-state index in [4.69, 9.17) is 0 Å². The van der Waals surface area contributed by atoms with Crippen molar-refractivity contribution in [2.24, 2.45) is 0 Å². The summed E-state index contributed by atoms with van der Waals surface area (Å²) in [6, 6.07) is 7.84. The van der Waals surface area contributed by atoms with E-state index in [1.807, 2.05) is 25.3 Å². The minimum absolute atomic E-state index is 0.170. The first-order valence-electron chi connectivity index (χ1n) is 7.02. The van der Waals surface area contributed by atoms with Crippen molar-refractivity contribution < 1.29 is 8.78 Å². The molecule has 0 aliphatic heterocycles. The normalized spacial score (nSPS) is 10.9. The Balaban J connectivity index is 1.78. The molecule has 0 fully saturated rings. The maximum absolute atomic E-state index is 13.7. The number of aryl methyl sites for hydroxylation is 1. The van der Waals surface area contributed by atoms with Gasteiger partial charge < -0.3 is 5.32 Å². The summed E-state index contributed by atoms with van der Waals surface area (Å²) < 4.78 is 27.1. The maximum atomic E-state index is 13.7. The number of anilines is 1. The molecule has 0 aliphatic carbocycles. The average Bonchev–Trinajstić information content (AvgIpc) is 2.50. The Bertz CT molecular complexity index is 801. The van der Waals surface area contributed by atoms with Crippen LogP contribution in [0.4, 0.5) is 14.5 Å². The van der Waals surface area contributed by atoms with E-state index >= 15 is 0 Å². The van der Waals surface area contributed by atoms with Crippen LogP contribution < -0.4 is 5.32 Å². The second-order valence-corrected chi connectivity index (χ2v) is 5.13. The lowest BCUT2D eigenvalue weighted by Gasteiger charge is -2.10. The fourth-order valence-electron chi connectivity index (χ4n) is 2.32. The first-order valence-corrected chi connectivity index (χ1v) is 7.02. The summed E-state index contributed by atoms with van der Waals surface area (Å²) in [5, 5.41) is 3.65. The van der Waals surface area contributed by atoms with E-state index in [0.29, 0.717) is 17.6 Å². The van der Waals surface area contributed by atoms with Gasteiger partial charge in [-0.1, -0.05) is 6.07 Å². The summed E-state index contributed by atoms with van der Waals surface area (Å²) in [4.78, 5) is 8.21. The number of hydrogen-bond acceptors (Lipinski definition) is 3. The summed E-state index contributed by atoms with van der Waals surface area (Å²) in [7, 11) is 0. The van der Waals surface area contributed by atoms with Gasteiger partial charge in [0.15, 0.2) is 5.82 Å². The molecule has 22 heavy (non-hydrogen) atoms. The highest BCUT2D eigenvalue weighted by molar-refractivity contribution is 5.91. The lowest BCUT2D eigenvalue weighted by molar-refractivity contribution is 0.590. The largest absolute Gasteiger partial charge is 0.384 e. The molecule has 0 spiro atoms. The quantitative estimate of drug-likeness (QED) is 0.794. The van der Waals surface area contributed by atoms with Crippen molar-refractivity contribution in [2.45, 2.75) is 13.3 Å². The van der Waals surface area contributed by atoms with E-state index in [0.717, 1.165) is 23.7 Å². The molecule has 2 aromatic heterocycles. The summed E-state index contributed by atoms with van der Waals surface area (Å²) in [5.41, 5.74) is 2.92. The first-order chi connectivity index (χ1) is 10.6. The minimum Gasteiger partial charge on any atom is -0.384 e. The number of hydrogen-bond donors (Lipinski definition) is 1. The van der Waals surface area contributed by atoms with E-state index in [1.54, 1.807) is 6.07 Å². The smallest absolute Gasteiger partial charge is 0.152 e. The number of fused-ring (bicyclic) bond motifs is 1. The highest BCUT2D eigenvalue weighted by atomic mass is 19.1. The number of pyridine rings is 2. The third kappa shape index (κ3) is 3.03. The van der Waals surface area contributed by atoms with Crippen LogP contribution in [0, 0.1) is 18.6 Å². The first kappa shape index (κ1) is 14.4. The molecule has 0 amide bonds. The molecule has 0 bridgehead atoms. The fraction of sp³-hybridized carbons (Fsp3) is 0.176. The Labute approximate surface area is 127 Å². The van der Waals surface area contributed by atoms with Crippen molar-refractivity contribution in [3.63, 3.8) is 0 Å². The Kier molecular flexibility index (Phi) is 3.96. The predicted molar refractivity (Wildman–Crippen MR) is 82.8 cm³/mol. The molecule has 112 valence electrons. The van der Waals surface area contributed by atoms with E-state index in [2.05, 4.69) is 15.3 Å². The number of benzene rings is 1. The van der Waals surface area contributed by atoms with Crippen LogP contribution in [-0.4, -0.2) is 16.5 Å². The van der Waals surface area contributed by atoms with Gasteiger partial charge in [-0.2, -0.15) is 0 Å². The molecule has 0 atom stereocenters. The number of aromatic nitrogens is 2. The number of rotatable bonds is 4. The van der Waals surface area contributed by atoms with E-state index in [9.17, 15) is 8.78 Å². The summed E-state index contributed by atoms with van der Waals surface area (Å²) >= 11 is 0. The van der Waals surface area contributed by atoms with Gasteiger partial charge in [-0.3, -0.25) is 9.97 Å². The van der Waals surface area contributed by atoms with Gasteiger partial charge in [0.2, 0.25) is 0 Å². The zero-order valence-electron chi connectivity index (χ0n) is 12.1. The van der Waals surface area contributed by atoms with Crippen LogP contribution in [0.2, 0.25) is 0 Å². The average molecular weight is 299 g/mol. The second-order valence-electron chi connectivity index (χ2n) is 5.13. The molecular weight excluding hydrogens is 284 g/mol. The highest BCUT2D eigenvalue weighted by Crippen LogP contribution is 2.24. The molecule has 0 saturated heterocycles. The van der Waals surface area contributed by atoms with E-state index in [-0.39, 0.29) is 5.52 Å². The highest BCUT2D eigenvalue weighted by Gasteiger charge is 2.08. The van der Waals surface area contributed by atoms with Gasteiger partial charge in [0.25, 0.3) is 0 Å². The molecule has 5 heteroatoms. The zero-order valence-corrected chi connectivity index (χ0v) is 12.1. The third-order valence-electron chi connectivity index (χ3n) is 3.46. The molecule has 0 saturated carbocycles. The molecule has 1 aromatic carbocycles. The lowest BCUT2D eigenvalue weighted by atomic mass is 10.1. The van der Waals surface area contributed by atoms with Crippen molar-refractivity contribution in [3.8, 4) is 0 Å². The molecule has 0 aliphatic rings. The topological polar surface area (TPSA) is 37.8 Å². The fourth-order valence-corrected chi connectivity index (χ4v) is 2.32. The van der Waals surface area contributed by atoms with Crippen molar-refractivity contribution in [1.29, 1.82) is 0 Å². The molecule has 3 rings (SSSR count). The SMILES string of the molecule is Cc1ccc(CCNc2ccnc3c(F)cc(F)cc23)cn1. The van der Waals surface area contributed by atoms with Gasteiger partial charge in [-0.25, -0.2) is 8.78 Å². The molecular formula is C17H15F2N3. The Hall–Kier alpha value is -2.56. The van der Waals surface area contributed by atoms with Gasteiger partial charge in [-0.15, -0.1) is 0 Å². The van der Waals surface area contributed by atoms with Crippen LogP contribution >= 0.6 is 0 Å². The molecule has 1 N–H and O–H groups in total. The van der Waals surface area contributed by atoms with Crippen molar-refractivity contribution in [3.05, 3.63) is 65.6 Å². The number of nitrogens with one attached hydrogen (secondary N) is 1. The number of nitrogens with zero attached hydrogens (tertiary/aromatic N) is 2. The van der Waals surface area contributed by atoms with Gasteiger partial charge in [0.1, 0.15) is 11.3 Å². The molecule has 0 unspecified atom stereocenters. The zero-order chi connectivity index (χ0) is 15.5. The van der Waals surface area contributed by atoms with Gasteiger partial charge in [-0.05, 0) is 37.1 Å². The molecule has 3 nitrogen and oxygen atoms in total. The van der Waals surface area contributed by atoms with E-state index in [1.165, 1.54) is 12.3 Å². The third-order valence-corrected chi connectivity index (χ3v) is 3.46. The maximum Gasteiger partial charge on any atom is 0.152 e. The predicted octanol–water partition coefficient (Wildman–Crippen LogP) is 3.87. The second kappa shape index (κ2) is 6.05. The Morgan fingerprint density at radius 3 is 2.73 bits per heavy atom. The molecule has 2 heterocycles. The van der Waals surface area contributed by atoms with Crippen LogP contribution in [0.5, 0.6) is 0 Å². The van der Waals surface area contributed by atoms with Gasteiger partial charge in [0, 0.05) is 41.8 Å². The van der Waals surface area contributed by atoms with Crippen LogP contribution in [0.3, 0.4) is 0 Å². The standard InChI is InChI=1S/C17H15F2N3/c1-11-2-3-12(10-22-11)4-6-20-16-5-7-21-17-14(16)8-13(18)9-15(17)19/h2-3,5,7-10H,4,6H2,1H3,(H,20,21). The summed E-state index contributed by atoms with van der Waals surface area (Å²) in [6.07, 6.45) is 4.12. The minimum atomic E-state index is -0.651. The van der Waals surface area contributed by atoms with Crippen LogP contribution in [0.25, 0.3) is 10.9 Å². The number of halogens is 2. The molecule has 3 aromatic rings. The van der Waals surface area contributed by atoms with E-state index < -0.39 is 11.6 Å². The molecule has 0 radical (unpaired) electrons. The van der Waals surface area contributed by atoms with Crippen molar-refractivity contribution >= 4 is 16.6 Å². The Morgan fingerprint density at radius 1 is 1.09 bits per heavy atom. The van der Waals surface area contributed by atoms with Gasteiger partial charge in [0.05, 0.1) is 0 Å². The monoisotopic (exact) mass is 299 g/mol.